The third-order valence-corrected chi connectivity index (χ3v) is 7.30. The number of halogens is 1. The summed E-state index contributed by atoms with van der Waals surface area (Å²) in [5.74, 6) is 1.50. The Balaban J connectivity index is 0.00000289. The summed E-state index contributed by atoms with van der Waals surface area (Å²) in [5.41, 5.74) is 2.52. The van der Waals surface area contributed by atoms with Gasteiger partial charge in [-0.05, 0) is 54.1 Å². The molecule has 32 heavy (non-hydrogen) atoms. The molecule has 3 aromatic rings. The van der Waals surface area contributed by atoms with Crippen LogP contribution in [0.3, 0.4) is 0 Å². The normalized spacial score (nSPS) is 13.9. The quantitative estimate of drug-likeness (QED) is 0.497. The van der Waals surface area contributed by atoms with Crippen LogP contribution in [0.5, 0.6) is 11.5 Å². The standard InChI is InChI=1S/C24H28N2O4S.ClH/c1-29-22-15-19-11-14-26(17-20(19)16-23(22)30-2)13-6-12-25-31(27,28)24-10-5-8-18-7-3-4-9-21(18)24;/h3-5,7-10,15-16,25H,6,11-14,17H2,1-2H3;1H. The van der Waals surface area contributed by atoms with E-state index in [0.29, 0.717) is 11.4 Å². The summed E-state index contributed by atoms with van der Waals surface area (Å²) in [5, 5.41) is 1.67. The third kappa shape index (κ3) is 5.18. The Labute approximate surface area is 196 Å². The summed E-state index contributed by atoms with van der Waals surface area (Å²) >= 11 is 0. The van der Waals surface area contributed by atoms with Crippen molar-refractivity contribution < 1.29 is 17.9 Å². The predicted molar refractivity (Wildman–Crippen MR) is 130 cm³/mol. The van der Waals surface area contributed by atoms with E-state index in [4.69, 9.17) is 9.47 Å². The lowest BCUT2D eigenvalue weighted by molar-refractivity contribution is 0.250. The Kier molecular flexibility index (Phi) is 8.00. The molecule has 0 aromatic heterocycles. The van der Waals surface area contributed by atoms with Crippen LogP contribution in [-0.2, 0) is 23.0 Å². The van der Waals surface area contributed by atoms with Crippen molar-refractivity contribution in [1.82, 2.24) is 9.62 Å². The zero-order chi connectivity index (χ0) is 21.8. The van der Waals surface area contributed by atoms with Crippen LogP contribution in [0.1, 0.15) is 17.5 Å². The van der Waals surface area contributed by atoms with E-state index in [2.05, 4.69) is 15.7 Å². The molecule has 4 rings (SSSR count). The monoisotopic (exact) mass is 476 g/mol. The molecule has 0 aliphatic carbocycles. The van der Waals surface area contributed by atoms with Crippen molar-refractivity contribution in [3.05, 3.63) is 65.7 Å². The van der Waals surface area contributed by atoms with Crippen molar-refractivity contribution in [2.75, 3.05) is 33.9 Å². The molecule has 3 aromatic carbocycles. The highest BCUT2D eigenvalue weighted by Gasteiger charge is 2.20. The highest BCUT2D eigenvalue weighted by atomic mass is 35.5. The van der Waals surface area contributed by atoms with Gasteiger partial charge in [0.25, 0.3) is 0 Å². The minimum Gasteiger partial charge on any atom is -0.493 e. The number of ether oxygens (including phenoxy) is 2. The molecule has 1 heterocycles. The number of nitrogens with one attached hydrogen (secondary N) is 1. The molecule has 1 aliphatic heterocycles. The lowest BCUT2D eigenvalue weighted by Gasteiger charge is -2.29. The van der Waals surface area contributed by atoms with E-state index in [9.17, 15) is 8.42 Å². The molecular formula is C24H29ClN2O4S. The summed E-state index contributed by atoms with van der Waals surface area (Å²) < 4.78 is 39.3. The Hall–Kier alpha value is -2.32. The molecule has 0 radical (unpaired) electrons. The second-order valence-corrected chi connectivity index (χ2v) is 9.47. The molecule has 6 nitrogen and oxygen atoms in total. The molecule has 0 saturated carbocycles. The Morgan fingerprint density at radius 1 is 0.969 bits per heavy atom. The first-order valence-electron chi connectivity index (χ1n) is 10.5. The van der Waals surface area contributed by atoms with Gasteiger partial charge in [0.05, 0.1) is 19.1 Å². The van der Waals surface area contributed by atoms with Gasteiger partial charge in [-0.15, -0.1) is 12.4 Å². The topological polar surface area (TPSA) is 67.9 Å². The fourth-order valence-corrected chi connectivity index (χ4v) is 5.45. The first-order valence-corrected chi connectivity index (χ1v) is 11.9. The third-order valence-electron chi connectivity index (χ3n) is 5.78. The maximum Gasteiger partial charge on any atom is 0.241 e. The highest BCUT2D eigenvalue weighted by molar-refractivity contribution is 7.89. The highest BCUT2D eigenvalue weighted by Crippen LogP contribution is 2.33. The van der Waals surface area contributed by atoms with Crippen molar-refractivity contribution in [3.63, 3.8) is 0 Å². The summed E-state index contributed by atoms with van der Waals surface area (Å²) in [7, 11) is -0.257. The van der Waals surface area contributed by atoms with Gasteiger partial charge in [0, 0.05) is 25.0 Å². The van der Waals surface area contributed by atoms with Gasteiger partial charge in [0.15, 0.2) is 11.5 Å². The number of sulfonamides is 1. The summed E-state index contributed by atoms with van der Waals surface area (Å²) in [6, 6.07) is 17.0. The van der Waals surface area contributed by atoms with Crippen LogP contribution >= 0.6 is 12.4 Å². The van der Waals surface area contributed by atoms with Crippen molar-refractivity contribution >= 4 is 33.2 Å². The van der Waals surface area contributed by atoms with Crippen molar-refractivity contribution in [2.45, 2.75) is 24.3 Å². The van der Waals surface area contributed by atoms with Gasteiger partial charge in [-0.25, -0.2) is 13.1 Å². The molecule has 0 fully saturated rings. The largest absolute Gasteiger partial charge is 0.493 e. The molecule has 1 aliphatic rings. The maximum atomic E-state index is 12.8. The number of fused-ring (bicyclic) bond motifs is 2. The van der Waals surface area contributed by atoms with Crippen LogP contribution in [0.15, 0.2) is 59.5 Å². The Morgan fingerprint density at radius 3 is 2.41 bits per heavy atom. The van der Waals surface area contributed by atoms with E-state index in [-0.39, 0.29) is 12.4 Å². The van der Waals surface area contributed by atoms with Crippen molar-refractivity contribution in [2.24, 2.45) is 0 Å². The molecule has 0 unspecified atom stereocenters. The zero-order valence-corrected chi connectivity index (χ0v) is 20.0. The molecule has 0 spiro atoms. The van der Waals surface area contributed by atoms with Crippen LogP contribution in [0, 0.1) is 0 Å². The van der Waals surface area contributed by atoms with Gasteiger partial charge in [-0.3, -0.25) is 4.90 Å². The van der Waals surface area contributed by atoms with E-state index in [0.717, 1.165) is 54.7 Å². The number of rotatable bonds is 8. The van der Waals surface area contributed by atoms with Gasteiger partial charge in [0.2, 0.25) is 10.0 Å². The molecule has 0 bridgehead atoms. The average molecular weight is 477 g/mol. The predicted octanol–water partition coefficient (Wildman–Crippen LogP) is 4.01. The van der Waals surface area contributed by atoms with Gasteiger partial charge >= 0.3 is 0 Å². The fourth-order valence-electron chi connectivity index (χ4n) is 4.15. The summed E-state index contributed by atoms with van der Waals surface area (Å²) in [6.45, 7) is 3.00. The molecule has 1 N–H and O–H groups in total. The Bertz CT molecular complexity index is 1180. The van der Waals surface area contributed by atoms with Gasteiger partial charge < -0.3 is 9.47 Å². The second kappa shape index (κ2) is 10.5. The van der Waals surface area contributed by atoms with E-state index in [1.807, 2.05) is 36.4 Å². The lowest BCUT2D eigenvalue weighted by Crippen LogP contribution is -2.33. The average Bonchev–Trinajstić information content (AvgIpc) is 2.80. The van der Waals surface area contributed by atoms with Crippen molar-refractivity contribution in [1.29, 1.82) is 0 Å². The molecule has 0 atom stereocenters. The number of hydrogen-bond acceptors (Lipinski definition) is 5. The number of benzene rings is 3. The van der Waals surface area contributed by atoms with Crippen molar-refractivity contribution in [3.8, 4) is 11.5 Å². The summed E-state index contributed by atoms with van der Waals surface area (Å²) in [4.78, 5) is 2.68. The molecule has 8 heteroatoms. The van der Waals surface area contributed by atoms with E-state index in [1.54, 1.807) is 26.4 Å². The van der Waals surface area contributed by atoms with Crippen LogP contribution in [0.25, 0.3) is 10.8 Å². The number of hydrogen-bond donors (Lipinski definition) is 1. The smallest absolute Gasteiger partial charge is 0.241 e. The van der Waals surface area contributed by atoms with E-state index >= 15 is 0 Å². The first kappa shape index (κ1) is 24.3. The van der Waals surface area contributed by atoms with Crippen LogP contribution < -0.4 is 14.2 Å². The maximum absolute atomic E-state index is 12.8. The fraction of sp³-hybridized carbons (Fsp3) is 0.333. The Morgan fingerprint density at radius 2 is 1.66 bits per heavy atom. The van der Waals surface area contributed by atoms with Crippen LogP contribution in [0.4, 0.5) is 0 Å². The molecule has 0 saturated heterocycles. The van der Waals surface area contributed by atoms with Gasteiger partial charge in [-0.2, -0.15) is 0 Å². The van der Waals surface area contributed by atoms with E-state index in [1.165, 1.54) is 11.1 Å². The lowest BCUT2D eigenvalue weighted by atomic mass is 9.98. The zero-order valence-electron chi connectivity index (χ0n) is 18.3. The van der Waals surface area contributed by atoms with Gasteiger partial charge in [0.1, 0.15) is 0 Å². The SMILES string of the molecule is COc1cc2c(cc1OC)CN(CCCNS(=O)(=O)c1cccc3ccccc13)CC2.Cl. The molecular weight excluding hydrogens is 448 g/mol. The van der Waals surface area contributed by atoms with E-state index < -0.39 is 10.0 Å². The molecule has 172 valence electrons. The number of nitrogens with zero attached hydrogens (tertiary/aromatic N) is 1. The summed E-state index contributed by atoms with van der Waals surface area (Å²) in [6.07, 6.45) is 1.68. The minimum absolute atomic E-state index is 0. The second-order valence-electron chi connectivity index (χ2n) is 7.73. The minimum atomic E-state index is -3.55. The molecule has 0 amide bonds. The van der Waals surface area contributed by atoms with Crippen LogP contribution in [-0.4, -0.2) is 47.2 Å². The van der Waals surface area contributed by atoms with Gasteiger partial charge in [-0.1, -0.05) is 36.4 Å². The number of methoxy groups -OCH3 is 2. The first-order chi connectivity index (χ1) is 15.0. The van der Waals surface area contributed by atoms with Crippen LogP contribution in [0.2, 0.25) is 0 Å².